The van der Waals surface area contributed by atoms with Gasteiger partial charge in [0.1, 0.15) is 16.3 Å². The van der Waals surface area contributed by atoms with Gasteiger partial charge in [-0.05, 0) is 66.1 Å². The van der Waals surface area contributed by atoms with Crippen LogP contribution in [0.5, 0.6) is 0 Å². The summed E-state index contributed by atoms with van der Waals surface area (Å²) in [6.07, 6.45) is -1.14. The van der Waals surface area contributed by atoms with Crippen molar-refractivity contribution in [3.8, 4) is 21.6 Å². The highest BCUT2D eigenvalue weighted by Gasteiger charge is 2.49. The lowest BCUT2D eigenvalue weighted by Gasteiger charge is -2.44. The SMILES string of the molecule is CC1(C)C[C@@](O)(c2ncc(-c3cc(Nc4nccc(C(F)(F)F)n4)cc(-c4ccccc4Cl)c3)s2)CC[C@H]1C(=O)O. The number of hydrogen-bond acceptors (Lipinski definition) is 7. The molecule has 0 spiro atoms. The first kappa shape index (κ1) is 29.0. The zero-order valence-corrected chi connectivity index (χ0v) is 23.6. The third kappa shape index (κ3) is 6.07. The molecule has 0 unspecified atom stereocenters. The molecule has 3 N–H and O–H groups in total. The first-order valence-corrected chi connectivity index (χ1v) is 13.9. The van der Waals surface area contributed by atoms with Crippen molar-refractivity contribution in [1.29, 1.82) is 0 Å². The van der Waals surface area contributed by atoms with Gasteiger partial charge in [0, 0.05) is 28.7 Å². The zero-order chi connectivity index (χ0) is 29.6. The Kier molecular flexibility index (Phi) is 7.56. The predicted molar refractivity (Wildman–Crippen MR) is 151 cm³/mol. The molecule has 1 aliphatic rings. The summed E-state index contributed by atoms with van der Waals surface area (Å²) in [5, 5.41) is 25.0. The lowest BCUT2D eigenvalue weighted by Crippen LogP contribution is -2.44. The average Bonchev–Trinajstić information content (AvgIpc) is 3.39. The smallest absolute Gasteiger partial charge is 0.433 e. The van der Waals surface area contributed by atoms with E-state index in [1.165, 1.54) is 11.3 Å². The second kappa shape index (κ2) is 10.7. The van der Waals surface area contributed by atoms with Gasteiger partial charge < -0.3 is 15.5 Å². The molecule has 2 atom stereocenters. The van der Waals surface area contributed by atoms with E-state index in [9.17, 15) is 28.2 Å². The molecule has 1 aliphatic carbocycles. The maximum absolute atomic E-state index is 13.2. The molecule has 41 heavy (non-hydrogen) atoms. The molecule has 0 amide bonds. The number of aliphatic hydroxyl groups is 1. The van der Waals surface area contributed by atoms with Gasteiger partial charge in [0.2, 0.25) is 5.95 Å². The topological polar surface area (TPSA) is 108 Å². The Labute approximate surface area is 243 Å². The van der Waals surface area contributed by atoms with Crippen molar-refractivity contribution < 1.29 is 28.2 Å². The van der Waals surface area contributed by atoms with Gasteiger partial charge in [-0.25, -0.2) is 15.0 Å². The maximum Gasteiger partial charge on any atom is 0.433 e. The van der Waals surface area contributed by atoms with Crippen LogP contribution in [0.4, 0.5) is 24.8 Å². The van der Waals surface area contributed by atoms with Gasteiger partial charge in [-0.2, -0.15) is 13.2 Å². The van der Waals surface area contributed by atoms with Crippen LogP contribution in [0.15, 0.2) is 60.9 Å². The number of hydrogen-bond donors (Lipinski definition) is 3. The number of anilines is 2. The van der Waals surface area contributed by atoms with Gasteiger partial charge in [0.05, 0.1) is 10.8 Å². The van der Waals surface area contributed by atoms with Crippen molar-refractivity contribution in [1.82, 2.24) is 15.0 Å². The molecule has 1 fully saturated rings. The fraction of sp³-hybridized carbons (Fsp3) is 0.310. The number of halogens is 4. The maximum atomic E-state index is 13.2. The summed E-state index contributed by atoms with van der Waals surface area (Å²) in [6, 6.07) is 13.3. The van der Waals surface area contributed by atoms with Crippen molar-refractivity contribution in [2.24, 2.45) is 11.3 Å². The van der Waals surface area contributed by atoms with Gasteiger partial charge in [-0.15, -0.1) is 11.3 Å². The Morgan fingerprint density at radius 2 is 1.85 bits per heavy atom. The zero-order valence-electron chi connectivity index (χ0n) is 22.0. The first-order chi connectivity index (χ1) is 19.2. The van der Waals surface area contributed by atoms with Crippen LogP contribution >= 0.6 is 22.9 Å². The first-order valence-electron chi connectivity index (χ1n) is 12.7. The van der Waals surface area contributed by atoms with Crippen LogP contribution < -0.4 is 5.32 Å². The Morgan fingerprint density at radius 3 is 2.54 bits per heavy atom. The fourth-order valence-electron chi connectivity index (χ4n) is 5.40. The Bertz CT molecular complexity index is 1610. The number of aromatic nitrogens is 3. The highest BCUT2D eigenvalue weighted by molar-refractivity contribution is 7.15. The van der Waals surface area contributed by atoms with Gasteiger partial charge >= 0.3 is 12.1 Å². The molecule has 0 saturated heterocycles. The molecule has 0 bridgehead atoms. The average molecular weight is 603 g/mol. The Morgan fingerprint density at radius 1 is 1.12 bits per heavy atom. The van der Waals surface area contributed by atoms with Crippen molar-refractivity contribution in [3.63, 3.8) is 0 Å². The van der Waals surface area contributed by atoms with E-state index in [4.69, 9.17) is 11.6 Å². The minimum absolute atomic E-state index is 0.223. The number of rotatable bonds is 6. The second-order valence-corrected chi connectivity index (χ2v) is 12.3. The predicted octanol–water partition coefficient (Wildman–Crippen LogP) is 7.78. The Balaban J connectivity index is 1.53. The standard InChI is InChI=1S/C29H26ClF3N4O3S/c1-27(2)15-28(40,9-7-20(27)24(38)39)25-35-14-22(41-25)17-11-16(19-5-3-4-6-21(19)30)12-18(13-17)36-26-34-10-8-23(37-26)29(31,32)33/h3-6,8,10-14,20,40H,7,9,15H2,1-2H3,(H,38,39)(H,34,36,37)/t20-,28+/m0/s1. The van der Waals surface area contributed by atoms with Crippen LogP contribution in [0, 0.1) is 11.3 Å². The molecule has 0 aliphatic heterocycles. The fourth-order valence-corrected chi connectivity index (χ4v) is 6.66. The van der Waals surface area contributed by atoms with E-state index < -0.39 is 34.8 Å². The van der Waals surface area contributed by atoms with Crippen molar-refractivity contribution >= 4 is 40.5 Å². The van der Waals surface area contributed by atoms with Crippen LogP contribution in [0.3, 0.4) is 0 Å². The number of alkyl halides is 3. The van der Waals surface area contributed by atoms with Gasteiger partial charge in [0.25, 0.3) is 0 Å². The third-order valence-corrected chi connectivity index (χ3v) is 8.91. The number of aliphatic carboxylic acids is 1. The summed E-state index contributed by atoms with van der Waals surface area (Å²) in [4.78, 5) is 24.5. The van der Waals surface area contributed by atoms with Gasteiger partial charge in [0.15, 0.2) is 0 Å². The molecule has 5 rings (SSSR count). The molecule has 2 aromatic heterocycles. The summed E-state index contributed by atoms with van der Waals surface area (Å²) in [7, 11) is 0. The summed E-state index contributed by atoms with van der Waals surface area (Å²) in [6.45, 7) is 3.68. The lowest BCUT2D eigenvalue weighted by atomic mass is 9.63. The van der Waals surface area contributed by atoms with Gasteiger partial charge in [-0.3, -0.25) is 4.79 Å². The molecule has 2 aromatic carbocycles. The molecule has 7 nitrogen and oxygen atoms in total. The highest BCUT2D eigenvalue weighted by atomic mass is 35.5. The molecule has 0 radical (unpaired) electrons. The summed E-state index contributed by atoms with van der Waals surface area (Å²) >= 11 is 7.75. The van der Waals surface area contributed by atoms with E-state index in [2.05, 4.69) is 20.3 Å². The number of nitrogens with one attached hydrogen (secondary N) is 1. The van der Waals surface area contributed by atoms with Crippen LogP contribution in [-0.2, 0) is 16.6 Å². The molecule has 4 aromatic rings. The van der Waals surface area contributed by atoms with E-state index in [0.717, 1.165) is 12.3 Å². The van der Waals surface area contributed by atoms with E-state index in [-0.39, 0.29) is 18.8 Å². The van der Waals surface area contributed by atoms with Crippen LogP contribution in [0.2, 0.25) is 5.02 Å². The largest absolute Gasteiger partial charge is 0.481 e. The number of nitrogens with zero attached hydrogens (tertiary/aromatic N) is 3. The molecule has 2 heterocycles. The number of carboxylic acids is 1. The summed E-state index contributed by atoms with van der Waals surface area (Å²) < 4.78 is 39.7. The molecule has 1 saturated carbocycles. The van der Waals surface area contributed by atoms with E-state index in [1.54, 1.807) is 30.5 Å². The van der Waals surface area contributed by atoms with E-state index in [0.29, 0.717) is 43.7 Å². The summed E-state index contributed by atoms with van der Waals surface area (Å²) in [5.74, 6) is -1.67. The number of carboxylic acid groups (broad SMARTS) is 1. The normalized spacial score (nSPS) is 20.5. The third-order valence-electron chi connectivity index (χ3n) is 7.34. The number of thiazole rings is 1. The monoisotopic (exact) mass is 602 g/mol. The molecular weight excluding hydrogens is 577 g/mol. The highest BCUT2D eigenvalue weighted by Crippen LogP contribution is 2.51. The van der Waals surface area contributed by atoms with E-state index >= 15 is 0 Å². The van der Waals surface area contributed by atoms with Crippen molar-refractivity contribution in [2.75, 3.05) is 5.32 Å². The molecule has 214 valence electrons. The second-order valence-electron chi connectivity index (χ2n) is 10.8. The number of benzene rings is 2. The van der Waals surface area contributed by atoms with Crippen LogP contribution in [0.25, 0.3) is 21.6 Å². The van der Waals surface area contributed by atoms with Crippen LogP contribution in [-0.4, -0.2) is 31.1 Å². The number of carbonyl (C=O) groups is 1. The minimum atomic E-state index is -4.62. The van der Waals surface area contributed by atoms with Crippen LogP contribution in [0.1, 0.15) is 43.8 Å². The minimum Gasteiger partial charge on any atom is -0.481 e. The quantitative estimate of drug-likeness (QED) is 0.207. The molecule has 12 heteroatoms. The van der Waals surface area contributed by atoms with Crippen molar-refractivity contribution in [2.45, 2.75) is 44.9 Å². The lowest BCUT2D eigenvalue weighted by molar-refractivity contribution is -0.154. The van der Waals surface area contributed by atoms with Crippen molar-refractivity contribution in [3.05, 3.63) is 76.6 Å². The summed E-state index contributed by atoms with van der Waals surface area (Å²) in [5.41, 5.74) is -0.488. The molecular formula is C29H26ClF3N4O3S. The van der Waals surface area contributed by atoms with E-state index in [1.807, 2.05) is 32.0 Å². The Hall–Kier alpha value is -3.54. The van der Waals surface area contributed by atoms with Gasteiger partial charge in [-0.1, -0.05) is 43.6 Å².